The average molecular weight is 205 g/mol. The minimum Gasteiger partial charge on any atom is -0.246 e. The highest BCUT2D eigenvalue weighted by Crippen LogP contribution is 2.13. The number of rotatable bonds is 1. The van der Waals surface area contributed by atoms with E-state index in [4.69, 9.17) is 5.14 Å². The van der Waals surface area contributed by atoms with E-state index in [1.54, 1.807) is 0 Å². The van der Waals surface area contributed by atoms with Gasteiger partial charge in [0.05, 0.1) is 0 Å². The van der Waals surface area contributed by atoms with Crippen molar-refractivity contribution in [3.05, 3.63) is 0 Å². The molecule has 1 aliphatic heterocycles. The molecular formula is C4H10ClFN2O2S. The number of hydrogen-bond acceptors (Lipinski definition) is 2. The summed E-state index contributed by atoms with van der Waals surface area (Å²) in [7, 11) is -3.64. The minimum absolute atomic E-state index is 0. The van der Waals surface area contributed by atoms with E-state index in [0.29, 0.717) is 0 Å². The highest BCUT2D eigenvalue weighted by Gasteiger charge is 2.28. The van der Waals surface area contributed by atoms with Crippen molar-refractivity contribution in [2.45, 2.75) is 12.6 Å². The van der Waals surface area contributed by atoms with Crippen LogP contribution in [0.2, 0.25) is 0 Å². The molecule has 0 saturated carbocycles. The topological polar surface area (TPSA) is 63.4 Å². The van der Waals surface area contributed by atoms with Crippen LogP contribution in [0.3, 0.4) is 0 Å². The summed E-state index contributed by atoms with van der Waals surface area (Å²) >= 11 is 0. The van der Waals surface area contributed by atoms with Crippen molar-refractivity contribution in [3.8, 4) is 0 Å². The zero-order chi connectivity index (χ0) is 7.78. The van der Waals surface area contributed by atoms with E-state index in [1.165, 1.54) is 0 Å². The van der Waals surface area contributed by atoms with Gasteiger partial charge >= 0.3 is 0 Å². The van der Waals surface area contributed by atoms with Gasteiger partial charge in [-0.2, -0.15) is 12.7 Å². The summed E-state index contributed by atoms with van der Waals surface area (Å²) in [4.78, 5) is 0. The molecule has 0 aromatic heterocycles. The monoisotopic (exact) mass is 204 g/mol. The van der Waals surface area contributed by atoms with Gasteiger partial charge in [-0.1, -0.05) is 0 Å². The minimum atomic E-state index is -3.64. The van der Waals surface area contributed by atoms with Gasteiger partial charge in [-0.15, -0.1) is 12.4 Å². The van der Waals surface area contributed by atoms with E-state index < -0.39 is 16.4 Å². The highest BCUT2D eigenvalue weighted by atomic mass is 35.5. The van der Waals surface area contributed by atoms with E-state index in [0.717, 1.165) is 4.31 Å². The molecule has 0 aliphatic carbocycles. The molecule has 0 bridgehead atoms. The van der Waals surface area contributed by atoms with E-state index in [1.807, 2.05) is 0 Å². The van der Waals surface area contributed by atoms with Crippen molar-refractivity contribution in [1.82, 2.24) is 4.31 Å². The molecule has 0 spiro atoms. The first-order chi connectivity index (χ1) is 4.50. The lowest BCUT2D eigenvalue weighted by molar-refractivity contribution is 0.343. The summed E-state index contributed by atoms with van der Waals surface area (Å²) in [5.41, 5.74) is 0. The van der Waals surface area contributed by atoms with Gasteiger partial charge in [-0.05, 0) is 6.42 Å². The van der Waals surface area contributed by atoms with Crippen LogP contribution in [0.4, 0.5) is 4.39 Å². The zero-order valence-corrected chi connectivity index (χ0v) is 7.37. The fourth-order valence-electron chi connectivity index (χ4n) is 0.919. The molecule has 2 N–H and O–H groups in total. The number of hydrogen-bond donors (Lipinski definition) is 1. The fraction of sp³-hybridized carbons (Fsp3) is 1.00. The van der Waals surface area contributed by atoms with Gasteiger partial charge in [0.1, 0.15) is 6.17 Å². The van der Waals surface area contributed by atoms with E-state index >= 15 is 0 Å². The van der Waals surface area contributed by atoms with Crippen LogP contribution in [-0.2, 0) is 10.2 Å². The van der Waals surface area contributed by atoms with Crippen molar-refractivity contribution in [2.24, 2.45) is 5.14 Å². The Morgan fingerprint density at radius 2 is 2.09 bits per heavy atom. The summed E-state index contributed by atoms with van der Waals surface area (Å²) in [5.74, 6) is 0. The van der Waals surface area contributed by atoms with Crippen LogP contribution in [0, 0.1) is 0 Å². The summed E-state index contributed by atoms with van der Waals surface area (Å²) in [6.45, 7) is 0.124. The molecule has 1 aliphatic rings. The maximum atomic E-state index is 12.3. The van der Waals surface area contributed by atoms with Gasteiger partial charge in [0.25, 0.3) is 10.2 Å². The van der Waals surface area contributed by atoms with Crippen LogP contribution < -0.4 is 5.14 Å². The summed E-state index contributed by atoms with van der Waals surface area (Å²) < 4.78 is 34.3. The molecule has 0 aromatic rings. The van der Waals surface area contributed by atoms with Crippen molar-refractivity contribution in [2.75, 3.05) is 13.1 Å². The molecule has 0 aromatic carbocycles. The molecule has 1 unspecified atom stereocenters. The van der Waals surface area contributed by atoms with Crippen LogP contribution in [0.25, 0.3) is 0 Å². The lowest BCUT2D eigenvalue weighted by Crippen LogP contribution is -2.34. The molecule has 1 rings (SSSR count). The highest BCUT2D eigenvalue weighted by molar-refractivity contribution is 7.86. The predicted molar refractivity (Wildman–Crippen MR) is 41.4 cm³/mol. The molecule has 4 nitrogen and oxygen atoms in total. The van der Waals surface area contributed by atoms with Gasteiger partial charge in [-0.25, -0.2) is 9.53 Å². The molecule has 1 fully saturated rings. The first-order valence-corrected chi connectivity index (χ1v) is 4.42. The standard InChI is InChI=1S/C4H9FN2O2S.ClH/c5-4-1-2-7(3-4)10(6,8)9;/h4H,1-3H2,(H2,6,8,9);1H. The maximum absolute atomic E-state index is 12.3. The van der Waals surface area contributed by atoms with Crippen molar-refractivity contribution >= 4 is 22.6 Å². The quantitative estimate of drug-likeness (QED) is 0.635. The number of nitrogens with zero attached hydrogens (tertiary/aromatic N) is 1. The third-order valence-electron chi connectivity index (χ3n) is 1.45. The first-order valence-electron chi connectivity index (χ1n) is 2.92. The first kappa shape index (κ1) is 11.1. The summed E-state index contributed by atoms with van der Waals surface area (Å²) in [5, 5.41) is 4.73. The summed E-state index contributed by atoms with van der Waals surface area (Å²) in [6.07, 6.45) is -0.783. The second-order valence-electron chi connectivity index (χ2n) is 2.29. The second kappa shape index (κ2) is 3.66. The Morgan fingerprint density at radius 3 is 2.27 bits per heavy atom. The Hall–Kier alpha value is 0.0900. The molecule has 0 radical (unpaired) electrons. The van der Waals surface area contributed by atoms with Crippen LogP contribution >= 0.6 is 12.4 Å². The second-order valence-corrected chi connectivity index (χ2v) is 3.84. The van der Waals surface area contributed by atoms with Crippen LogP contribution in [-0.4, -0.2) is 32.0 Å². The van der Waals surface area contributed by atoms with Gasteiger partial charge in [0.15, 0.2) is 0 Å². The number of halogens is 2. The molecular weight excluding hydrogens is 195 g/mol. The van der Waals surface area contributed by atoms with Crippen LogP contribution in [0.1, 0.15) is 6.42 Å². The third-order valence-corrected chi connectivity index (χ3v) is 2.50. The normalized spacial score (nSPS) is 26.5. The Bertz CT molecular complexity index is 220. The van der Waals surface area contributed by atoms with Gasteiger partial charge < -0.3 is 0 Å². The molecule has 68 valence electrons. The van der Waals surface area contributed by atoms with Gasteiger partial charge in [0.2, 0.25) is 0 Å². The Kier molecular flexibility index (Phi) is 3.69. The van der Waals surface area contributed by atoms with Crippen molar-refractivity contribution in [1.29, 1.82) is 0 Å². The molecule has 7 heteroatoms. The van der Waals surface area contributed by atoms with E-state index in [9.17, 15) is 12.8 Å². The van der Waals surface area contributed by atoms with Gasteiger partial charge in [-0.3, -0.25) is 0 Å². The Labute approximate surface area is 71.1 Å². The van der Waals surface area contributed by atoms with E-state index in [-0.39, 0.29) is 31.9 Å². The Balaban J connectivity index is 0.000001000. The lowest BCUT2D eigenvalue weighted by Gasteiger charge is -2.09. The third kappa shape index (κ3) is 2.90. The summed E-state index contributed by atoms with van der Waals surface area (Å²) in [6, 6.07) is 0. The van der Waals surface area contributed by atoms with Crippen molar-refractivity contribution < 1.29 is 12.8 Å². The molecule has 1 atom stereocenters. The van der Waals surface area contributed by atoms with Crippen LogP contribution in [0.15, 0.2) is 0 Å². The SMILES string of the molecule is Cl.NS(=O)(=O)N1CCC(F)C1. The smallest absolute Gasteiger partial charge is 0.246 e. The number of nitrogens with two attached hydrogens (primary N) is 1. The molecule has 1 heterocycles. The maximum Gasteiger partial charge on any atom is 0.276 e. The molecule has 0 amide bonds. The lowest BCUT2D eigenvalue weighted by atomic mass is 10.4. The average Bonchev–Trinajstić information content (AvgIpc) is 2.11. The largest absolute Gasteiger partial charge is 0.276 e. The fourth-order valence-corrected chi connectivity index (χ4v) is 1.65. The van der Waals surface area contributed by atoms with E-state index in [2.05, 4.69) is 0 Å². The molecule has 11 heavy (non-hydrogen) atoms. The zero-order valence-electron chi connectivity index (χ0n) is 5.73. The van der Waals surface area contributed by atoms with Crippen LogP contribution in [0.5, 0.6) is 0 Å². The number of alkyl halides is 1. The Morgan fingerprint density at radius 1 is 1.55 bits per heavy atom. The van der Waals surface area contributed by atoms with Crippen molar-refractivity contribution in [3.63, 3.8) is 0 Å². The predicted octanol–water partition coefficient (Wildman–Crippen LogP) is -0.345. The van der Waals surface area contributed by atoms with Gasteiger partial charge in [0, 0.05) is 13.1 Å². The molecule has 1 saturated heterocycles.